The Morgan fingerprint density at radius 3 is 2.14 bits per heavy atom. The van der Waals surface area contributed by atoms with Gasteiger partial charge in [-0.05, 0) is 31.5 Å². The molecule has 156 valence electrons. The molecule has 0 aliphatic heterocycles. The highest BCUT2D eigenvalue weighted by Gasteiger charge is 2.29. The Bertz CT molecular complexity index is 944. The van der Waals surface area contributed by atoms with Crippen molar-refractivity contribution in [3.05, 3.63) is 65.7 Å². The number of hydrogen-bond acceptors (Lipinski definition) is 4. The number of hydrogen-bond donors (Lipinski definition) is 1. The van der Waals surface area contributed by atoms with E-state index in [0.717, 1.165) is 21.7 Å². The van der Waals surface area contributed by atoms with Gasteiger partial charge in [0.1, 0.15) is 12.6 Å². The van der Waals surface area contributed by atoms with Crippen LogP contribution in [0.15, 0.2) is 54.6 Å². The van der Waals surface area contributed by atoms with Crippen LogP contribution < -0.4 is 9.62 Å². The van der Waals surface area contributed by atoms with Crippen molar-refractivity contribution in [1.29, 1.82) is 0 Å². The zero-order valence-corrected chi connectivity index (χ0v) is 17.9. The summed E-state index contributed by atoms with van der Waals surface area (Å²) in [6, 6.07) is 15.3. The van der Waals surface area contributed by atoms with E-state index in [1.807, 2.05) is 31.2 Å². The van der Waals surface area contributed by atoms with Gasteiger partial charge in [-0.25, -0.2) is 8.42 Å². The molecule has 0 aromatic heterocycles. The first-order chi connectivity index (χ1) is 13.6. The Labute approximate surface area is 172 Å². The molecule has 2 amide bonds. The molecule has 29 heavy (non-hydrogen) atoms. The van der Waals surface area contributed by atoms with E-state index < -0.39 is 28.5 Å². The lowest BCUT2D eigenvalue weighted by atomic mass is 10.1. The third-order valence-electron chi connectivity index (χ3n) is 4.61. The van der Waals surface area contributed by atoms with E-state index in [2.05, 4.69) is 5.32 Å². The van der Waals surface area contributed by atoms with Gasteiger partial charge in [-0.3, -0.25) is 13.9 Å². The van der Waals surface area contributed by atoms with Crippen LogP contribution in [0.5, 0.6) is 0 Å². The maximum atomic E-state index is 13.1. The average Bonchev–Trinajstić information content (AvgIpc) is 2.70. The van der Waals surface area contributed by atoms with Crippen LogP contribution in [0.3, 0.4) is 0 Å². The monoisotopic (exact) mass is 417 g/mol. The summed E-state index contributed by atoms with van der Waals surface area (Å²) in [5, 5.41) is 2.55. The lowest BCUT2D eigenvalue weighted by Crippen LogP contribution is -2.50. The number of aryl methyl sites for hydroxylation is 1. The van der Waals surface area contributed by atoms with E-state index >= 15 is 0 Å². The molecule has 2 aromatic rings. The van der Waals surface area contributed by atoms with Crippen LogP contribution in [0.1, 0.15) is 18.1 Å². The molecule has 0 saturated heterocycles. The highest BCUT2D eigenvalue weighted by molar-refractivity contribution is 7.92. The number of nitrogens with zero attached hydrogens (tertiary/aromatic N) is 2. The molecule has 2 rings (SSSR count). The number of carbonyl (C=O) groups is 2. The van der Waals surface area contributed by atoms with E-state index in [1.165, 1.54) is 11.9 Å². The molecule has 8 heteroatoms. The lowest BCUT2D eigenvalue weighted by Gasteiger charge is -2.31. The van der Waals surface area contributed by atoms with E-state index in [9.17, 15) is 18.0 Å². The molecule has 0 saturated carbocycles. The second-order valence-corrected chi connectivity index (χ2v) is 8.81. The van der Waals surface area contributed by atoms with Crippen LogP contribution in [-0.2, 0) is 26.2 Å². The van der Waals surface area contributed by atoms with Gasteiger partial charge in [0, 0.05) is 13.6 Å². The summed E-state index contributed by atoms with van der Waals surface area (Å²) in [4.78, 5) is 26.8. The van der Waals surface area contributed by atoms with Crippen molar-refractivity contribution in [2.75, 3.05) is 24.2 Å². The van der Waals surface area contributed by atoms with Gasteiger partial charge in [-0.1, -0.05) is 48.0 Å². The van der Waals surface area contributed by atoms with Gasteiger partial charge in [0.2, 0.25) is 21.8 Å². The largest absolute Gasteiger partial charge is 0.357 e. The number of sulfonamides is 1. The van der Waals surface area contributed by atoms with Crippen molar-refractivity contribution in [1.82, 2.24) is 10.2 Å². The topological polar surface area (TPSA) is 86.8 Å². The average molecular weight is 418 g/mol. The van der Waals surface area contributed by atoms with Crippen LogP contribution in [0.2, 0.25) is 0 Å². The van der Waals surface area contributed by atoms with Crippen LogP contribution >= 0.6 is 0 Å². The number of amides is 2. The number of para-hydroxylation sites is 1. The van der Waals surface area contributed by atoms with Crippen LogP contribution in [0.25, 0.3) is 0 Å². The zero-order valence-electron chi connectivity index (χ0n) is 17.1. The fraction of sp³-hybridized carbons (Fsp3) is 0.333. The number of rotatable bonds is 8. The number of benzene rings is 2. The van der Waals surface area contributed by atoms with Gasteiger partial charge in [0.05, 0.1) is 11.9 Å². The predicted molar refractivity (Wildman–Crippen MR) is 114 cm³/mol. The molecule has 1 atom stereocenters. The van der Waals surface area contributed by atoms with Crippen molar-refractivity contribution >= 4 is 27.5 Å². The third-order valence-corrected chi connectivity index (χ3v) is 5.75. The summed E-state index contributed by atoms with van der Waals surface area (Å²) >= 11 is 0. The first kappa shape index (κ1) is 22.4. The Morgan fingerprint density at radius 1 is 1.03 bits per heavy atom. The number of anilines is 1. The quantitative estimate of drug-likeness (QED) is 0.711. The second-order valence-electron chi connectivity index (χ2n) is 6.90. The third kappa shape index (κ3) is 6.05. The molecule has 0 radical (unpaired) electrons. The zero-order chi connectivity index (χ0) is 21.6. The predicted octanol–water partition coefficient (Wildman–Crippen LogP) is 1.92. The van der Waals surface area contributed by atoms with E-state index in [1.54, 1.807) is 37.3 Å². The van der Waals surface area contributed by atoms with E-state index in [0.29, 0.717) is 5.69 Å². The minimum Gasteiger partial charge on any atom is -0.357 e. The van der Waals surface area contributed by atoms with Crippen molar-refractivity contribution in [3.8, 4) is 0 Å². The Hall–Kier alpha value is -2.87. The standard InChI is InChI=1S/C21H27N3O4S/c1-16-10-12-18(13-11-16)14-23(17(2)21(26)22-3)20(25)15-24(29(4,27)28)19-8-6-5-7-9-19/h5-13,17H,14-15H2,1-4H3,(H,22,26)/t17-/m1/s1. The highest BCUT2D eigenvalue weighted by Crippen LogP contribution is 2.18. The first-order valence-electron chi connectivity index (χ1n) is 9.23. The van der Waals surface area contributed by atoms with Crippen molar-refractivity contribution in [3.63, 3.8) is 0 Å². The summed E-state index contributed by atoms with van der Waals surface area (Å²) < 4.78 is 25.7. The Balaban J connectivity index is 2.34. The number of carbonyl (C=O) groups excluding carboxylic acids is 2. The SMILES string of the molecule is CNC(=O)[C@@H](C)N(Cc1ccc(C)cc1)C(=O)CN(c1ccccc1)S(C)(=O)=O. The molecule has 1 N–H and O–H groups in total. The molecule has 2 aromatic carbocycles. The molecule has 0 spiro atoms. The smallest absolute Gasteiger partial charge is 0.244 e. The maximum absolute atomic E-state index is 13.1. The molecule has 0 fully saturated rings. The number of likely N-dealkylation sites (N-methyl/N-ethyl adjacent to an activating group) is 1. The summed E-state index contributed by atoms with van der Waals surface area (Å²) in [5.41, 5.74) is 2.33. The molecule has 7 nitrogen and oxygen atoms in total. The van der Waals surface area contributed by atoms with Crippen molar-refractivity contribution in [2.45, 2.75) is 26.4 Å². The Morgan fingerprint density at radius 2 is 1.62 bits per heavy atom. The van der Waals surface area contributed by atoms with Gasteiger partial charge < -0.3 is 10.2 Å². The fourth-order valence-electron chi connectivity index (χ4n) is 2.89. The molecule has 0 aliphatic rings. The van der Waals surface area contributed by atoms with Gasteiger partial charge in [0.15, 0.2) is 0 Å². The van der Waals surface area contributed by atoms with Crippen LogP contribution in [-0.4, -0.2) is 51.0 Å². The normalized spacial score (nSPS) is 12.1. The number of nitrogens with one attached hydrogen (secondary N) is 1. The van der Waals surface area contributed by atoms with Gasteiger partial charge in [-0.15, -0.1) is 0 Å². The molecular weight excluding hydrogens is 390 g/mol. The summed E-state index contributed by atoms with van der Waals surface area (Å²) in [6.07, 6.45) is 1.06. The van der Waals surface area contributed by atoms with Crippen LogP contribution in [0, 0.1) is 6.92 Å². The first-order valence-corrected chi connectivity index (χ1v) is 11.1. The fourth-order valence-corrected chi connectivity index (χ4v) is 3.74. The van der Waals surface area contributed by atoms with Crippen LogP contribution in [0.4, 0.5) is 5.69 Å². The minimum atomic E-state index is -3.69. The van der Waals surface area contributed by atoms with E-state index in [4.69, 9.17) is 0 Å². The second kappa shape index (κ2) is 9.56. The van der Waals surface area contributed by atoms with Gasteiger partial charge >= 0.3 is 0 Å². The van der Waals surface area contributed by atoms with Gasteiger partial charge in [-0.2, -0.15) is 0 Å². The summed E-state index contributed by atoms with van der Waals surface area (Å²) in [5.74, 6) is -0.785. The molecule has 0 heterocycles. The highest BCUT2D eigenvalue weighted by atomic mass is 32.2. The summed E-state index contributed by atoms with van der Waals surface area (Å²) in [7, 11) is -2.19. The minimum absolute atomic E-state index is 0.195. The molecular formula is C21H27N3O4S. The van der Waals surface area contributed by atoms with E-state index in [-0.39, 0.29) is 12.5 Å². The maximum Gasteiger partial charge on any atom is 0.244 e. The molecule has 0 aliphatic carbocycles. The van der Waals surface area contributed by atoms with Crippen molar-refractivity contribution < 1.29 is 18.0 Å². The Kier molecular flexibility index (Phi) is 7.39. The molecule has 0 bridgehead atoms. The summed E-state index contributed by atoms with van der Waals surface area (Å²) in [6.45, 7) is 3.39. The molecule has 0 unspecified atom stereocenters. The van der Waals surface area contributed by atoms with Crippen molar-refractivity contribution in [2.24, 2.45) is 0 Å². The van der Waals surface area contributed by atoms with Gasteiger partial charge in [0.25, 0.3) is 0 Å². The lowest BCUT2D eigenvalue weighted by molar-refractivity contribution is -0.139.